The number of amides is 2. The van der Waals surface area contributed by atoms with E-state index in [4.69, 9.17) is 4.74 Å². The van der Waals surface area contributed by atoms with Crippen LogP contribution < -0.4 is 5.32 Å². The highest BCUT2D eigenvalue weighted by molar-refractivity contribution is 5.96. The number of esters is 1. The maximum Gasteiger partial charge on any atom is 0.325 e. The Balaban J connectivity index is 1.70. The predicted molar refractivity (Wildman–Crippen MR) is 92.7 cm³/mol. The smallest absolute Gasteiger partial charge is 0.325 e. The molecule has 0 radical (unpaired) electrons. The number of benzene rings is 2. The molecule has 0 aromatic heterocycles. The third kappa shape index (κ3) is 6.10. The van der Waals surface area contributed by atoms with Gasteiger partial charge in [-0.15, -0.1) is 0 Å². The summed E-state index contributed by atoms with van der Waals surface area (Å²) < 4.78 is 4.90. The Labute approximate surface area is 146 Å². The third-order valence-corrected chi connectivity index (χ3v) is 3.47. The molecule has 2 aromatic carbocycles. The first kappa shape index (κ1) is 18.2. The molecule has 130 valence electrons. The lowest BCUT2D eigenvalue weighted by Gasteiger charge is -2.17. The highest BCUT2D eigenvalue weighted by Crippen LogP contribution is 2.03. The normalized spacial score (nSPS) is 9.96. The van der Waals surface area contributed by atoms with Crippen LogP contribution in [0.4, 0.5) is 0 Å². The van der Waals surface area contributed by atoms with Crippen molar-refractivity contribution in [2.45, 2.75) is 6.54 Å². The monoisotopic (exact) mass is 340 g/mol. The number of likely N-dealkylation sites (N-methyl/N-ethyl adjacent to an activating group) is 1. The Morgan fingerprint density at radius 1 is 0.960 bits per heavy atom. The van der Waals surface area contributed by atoms with E-state index in [0.29, 0.717) is 12.1 Å². The second kappa shape index (κ2) is 9.22. The molecule has 6 heteroatoms. The quantitative estimate of drug-likeness (QED) is 0.777. The molecule has 0 unspecified atom stereocenters. The van der Waals surface area contributed by atoms with Gasteiger partial charge in [0.15, 0.2) is 6.61 Å². The zero-order valence-electron chi connectivity index (χ0n) is 14.0. The van der Waals surface area contributed by atoms with Crippen LogP contribution in [0.2, 0.25) is 0 Å². The first-order valence-corrected chi connectivity index (χ1v) is 7.83. The minimum absolute atomic E-state index is 0.288. The van der Waals surface area contributed by atoms with Crippen LogP contribution in [0.5, 0.6) is 0 Å². The molecule has 6 nitrogen and oxygen atoms in total. The number of nitrogens with one attached hydrogen (secondary N) is 1. The minimum atomic E-state index is -0.661. The molecule has 0 bridgehead atoms. The van der Waals surface area contributed by atoms with E-state index in [2.05, 4.69) is 5.32 Å². The van der Waals surface area contributed by atoms with Crippen molar-refractivity contribution in [3.05, 3.63) is 71.8 Å². The van der Waals surface area contributed by atoms with Crippen molar-refractivity contribution in [3.8, 4) is 0 Å². The summed E-state index contributed by atoms with van der Waals surface area (Å²) in [6.45, 7) is -0.214. The zero-order chi connectivity index (χ0) is 18.1. The SMILES string of the molecule is CN(Cc1ccccc1)C(=O)COC(=O)CNC(=O)c1ccccc1. The lowest BCUT2D eigenvalue weighted by Crippen LogP contribution is -2.34. The van der Waals surface area contributed by atoms with Crippen molar-refractivity contribution in [2.24, 2.45) is 0 Å². The Morgan fingerprint density at radius 3 is 2.20 bits per heavy atom. The molecule has 0 aliphatic heterocycles. The molecule has 1 N–H and O–H groups in total. The summed E-state index contributed by atoms with van der Waals surface area (Å²) in [5.74, 6) is -1.34. The summed E-state index contributed by atoms with van der Waals surface area (Å²) in [6, 6.07) is 18.0. The Hall–Kier alpha value is -3.15. The molecule has 0 spiro atoms. The molecular weight excluding hydrogens is 320 g/mol. The van der Waals surface area contributed by atoms with Crippen LogP contribution in [0.15, 0.2) is 60.7 Å². The number of carbonyl (C=O) groups is 3. The molecular formula is C19H20N2O4. The van der Waals surface area contributed by atoms with E-state index >= 15 is 0 Å². The first-order valence-electron chi connectivity index (χ1n) is 7.83. The minimum Gasteiger partial charge on any atom is -0.454 e. The van der Waals surface area contributed by atoms with Gasteiger partial charge >= 0.3 is 5.97 Å². The van der Waals surface area contributed by atoms with Crippen molar-refractivity contribution in [2.75, 3.05) is 20.2 Å². The van der Waals surface area contributed by atoms with Gasteiger partial charge in [-0.25, -0.2) is 0 Å². The Morgan fingerprint density at radius 2 is 1.56 bits per heavy atom. The molecule has 0 atom stereocenters. The number of hydrogen-bond donors (Lipinski definition) is 1. The molecule has 0 aliphatic carbocycles. The van der Waals surface area contributed by atoms with E-state index < -0.39 is 5.97 Å². The van der Waals surface area contributed by atoms with E-state index in [-0.39, 0.29) is 25.0 Å². The van der Waals surface area contributed by atoms with E-state index in [1.807, 2.05) is 30.3 Å². The van der Waals surface area contributed by atoms with Gasteiger partial charge in [-0.3, -0.25) is 14.4 Å². The van der Waals surface area contributed by atoms with Crippen LogP contribution in [-0.4, -0.2) is 42.9 Å². The highest BCUT2D eigenvalue weighted by atomic mass is 16.5. The van der Waals surface area contributed by atoms with Crippen molar-refractivity contribution in [1.29, 1.82) is 0 Å². The Bertz CT molecular complexity index is 717. The molecule has 2 rings (SSSR count). The predicted octanol–water partition coefficient (Wildman–Crippen LogP) is 1.62. The molecule has 0 saturated heterocycles. The molecule has 0 saturated carbocycles. The van der Waals surface area contributed by atoms with Crippen LogP contribution in [0.1, 0.15) is 15.9 Å². The average molecular weight is 340 g/mol. The fraction of sp³-hybridized carbons (Fsp3) is 0.211. The van der Waals surface area contributed by atoms with Crippen molar-refractivity contribution in [1.82, 2.24) is 10.2 Å². The first-order chi connectivity index (χ1) is 12.1. The largest absolute Gasteiger partial charge is 0.454 e. The van der Waals surface area contributed by atoms with Gasteiger partial charge < -0.3 is 15.0 Å². The summed E-state index contributed by atoms with van der Waals surface area (Å²) in [5.41, 5.74) is 1.44. The maximum absolute atomic E-state index is 12.0. The van der Waals surface area contributed by atoms with Crippen molar-refractivity contribution in [3.63, 3.8) is 0 Å². The summed E-state index contributed by atoms with van der Waals surface area (Å²) in [5, 5.41) is 2.45. The lowest BCUT2D eigenvalue weighted by molar-refractivity contribution is -0.150. The fourth-order valence-corrected chi connectivity index (χ4v) is 2.09. The van der Waals surface area contributed by atoms with Gasteiger partial charge in [0.2, 0.25) is 0 Å². The van der Waals surface area contributed by atoms with Gasteiger partial charge in [0.05, 0.1) is 0 Å². The standard InChI is InChI=1S/C19H20N2O4/c1-21(13-15-8-4-2-5-9-15)17(22)14-25-18(23)12-20-19(24)16-10-6-3-7-11-16/h2-11H,12-14H2,1H3,(H,20,24). The fourth-order valence-electron chi connectivity index (χ4n) is 2.09. The molecule has 2 aromatic rings. The summed E-state index contributed by atoms with van der Waals surface area (Å²) in [7, 11) is 1.64. The second-order valence-electron chi connectivity index (χ2n) is 5.44. The van der Waals surface area contributed by atoms with Gasteiger partial charge in [-0.05, 0) is 17.7 Å². The van der Waals surface area contributed by atoms with Crippen LogP contribution in [-0.2, 0) is 20.9 Å². The van der Waals surface area contributed by atoms with Gasteiger partial charge in [0.25, 0.3) is 11.8 Å². The van der Waals surface area contributed by atoms with Crippen molar-refractivity contribution >= 4 is 17.8 Å². The molecule has 25 heavy (non-hydrogen) atoms. The molecule has 0 aliphatic rings. The van der Waals surface area contributed by atoms with E-state index in [9.17, 15) is 14.4 Å². The molecule has 0 heterocycles. The van der Waals surface area contributed by atoms with Crippen LogP contribution in [0, 0.1) is 0 Å². The Kier molecular flexibility index (Phi) is 6.71. The second-order valence-corrected chi connectivity index (χ2v) is 5.44. The lowest BCUT2D eigenvalue weighted by atomic mass is 10.2. The number of ether oxygens (including phenoxy) is 1. The number of nitrogens with zero attached hydrogens (tertiary/aromatic N) is 1. The summed E-state index contributed by atoms with van der Waals surface area (Å²) >= 11 is 0. The number of rotatable bonds is 7. The number of carbonyl (C=O) groups excluding carboxylic acids is 3. The molecule has 0 fully saturated rings. The van der Waals surface area contributed by atoms with Gasteiger partial charge in [0, 0.05) is 19.2 Å². The summed E-state index contributed by atoms with van der Waals surface area (Å²) in [4.78, 5) is 36.9. The van der Waals surface area contributed by atoms with Crippen LogP contribution >= 0.6 is 0 Å². The summed E-state index contributed by atoms with van der Waals surface area (Å²) in [6.07, 6.45) is 0. The van der Waals surface area contributed by atoms with Gasteiger partial charge in [0.1, 0.15) is 6.54 Å². The van der Waals surface area contributed by atoms with E-state index in [0.717, 1.165) is 5.56 Å². The van der Waals surface area contributed by atoms with E-state index in [1.54, 1.807) is 37.4 Å². The number of hydrogen-bond acceptors (Lipinski definition) is 4. The zero-order valence-corrected chi connectivity index (χ0v) is 14.0. The maximum atomic E-state index is 12.0. The van der Waals surface area contributed by atoms with Gasteiger partial charge in [-0.2, -0.15) is 0 Å². The van der Waals surface area contributed by atoms with Gasteiger partial charge in [-0.1, -0.05) is 48.5 Å². The topological polar surface area (TPSA) is 75.7 Å². The van der Waals surface area contributed by atoms with Crippen LogP contribution in [0.25, 0.3) is 0 Å². The average Bonchev–Trinajstić information content (AvgIpc) is 2.65. The highest BCUT2D eigenvalue weighted by Gasteiger charge is 2.13. The van der Waals surface area contributed by atoms with Crippen molar-refractivity contribution < 1.29 is 19.1 Å². The molecule has 2 amide bonds. The van der Waals surface area contributed by atoms with Crippen LogP contribution in [0.3, 0.4) is 0 Å². The van der Waals surface area contributed by atoms with E-state index in [1.165, 1.54) is 4.90 Å². The third-order valence-electron chi connectivity index (χ3n) is 3.47.